The maximum absolute atomic E-state index is 11.2. The standard InChI is InChI=1S/C23H38O4/c1-18(2)9-6-10-19(3)11-7-12-20(4)13-8-14-21(5)15-16-27-23(26)22(25)17-24/h9,11,13,15,22,24-25H,6-8,10,12,14,16-17H2,1-5H3. The predicted molar refractivity (Wildman–Crippen MR) is 112 cm³/mol. The van der Waals surface area contributed by atoms with E-state index in [9.17, 15) is 4.79 Å². The lowest BCUT2D eigenvalue weighted by atomic mass is 10.0. The lowest BCUT2D eigenvalue weighted by molar-refractivity contribution is -0.154. The van der Waals surface area contributed by atoms with Crippen molar-refractivity contribution in [2.24, 2.45) is 0 Å². The van der Waals surface area contributed by atoms with Gasteiger partial charge in [-0.15, -0.1) is 0 Å². The molecule has 0 aromatic heterocycles. The molecular formula is C23H38O4. The van der Waals surface area contributed by atoms with Gasteiger partial charge in [-0.05, 0) is 79.2 Å². The lowest BCUT2D eigenvalue weighted by Crippen LogP contribution is -2.26. The SMILES string of the molecule is CC(C)=CCCC(C)=CCCC(C)=CCCC(C)=CCOC(=O)C(O)CO. The van der Waals surface area contributed by atoms with E-state index < -0.39 is 18.7 Å². The summed E-state index contributed by atoms with van der Waals surface area (Å²) >= 11 is 0. The van der Waals surface area contributed by atoms with Crippen molar-refractivity contribution < 1.29 is 19.7 Å². The molecule has 0 fully saturated rings. The topological polar surface area (TPSA) is 66.8 Å². The highest BCUT2D eigenvalue weighted by Gasteiger charge is 2.13. The monoisotopic (exact) mass is 378 g/mol. The Morgan fingerprint density at radius 3 is 1.70 bits per heavy atom. The van der Waals surface area contributed by atoms with Crippen LogP contribution in [-0.4, -0.2) is 35.5 Å². The van der Waals surface area contributed by atoms with E-state index >= 15 is 0 Å². The van der Waals surface area contributed by atoms with Crippen LogP contribution < -0.4 is 0 Å². The van der Waals surface area contributed by atoms with Gasteiger partial charge in [-0.1, -0.05) is 40.5 Å². The summed E-state index contributed by atoms with van der Waals surface area (Å²) in [6.45, 7) is 10.2. The van der Waals surface area contributed by atoms with E-state index in [1.807, 2.05) is 13.0 Å². The molecule has 0 bridgehead atoms. The van der Waals surface area contributed by atoms with Crippen molar-refractivity contribution in [1.82, 2.24) is 0 Å². The first-order chi connectivity index (χ1) is 12.8. The van der Waals surface area contributed by atoms with Crippen LogP contribution in [0.4, 0.5) is 0 Å². The fraction of sp³-hybridized carbons (Fsp3) is 0.609. The van der Waals surface area contributed by atoms with E-state index in [0.717, 1.165) is 44.1 Å². The lowest BCUT2D eigenvalue weighted by Gasteiger charge is -2.06. The molecule has 0 saturated carbocycles. The van der Waals surface area contributed by atoms with Crippen molar-refractivity contribution in [2.45, 2.75) is 79.2 Å². The fourth-order valence-corrected chi connectivity index (χ4v) is 2.42. The molecule has 0 aliphatic rings. The number of carbonyl (C=O) groups excluding carboxylic acids is 1. The maximum Gasteiger partial charge on any atom is 0.337 e. The van der Waals surface area contributed by atoms with E-state index in [1.54, 1.807) is 0 Å². The highest BCUT2D eigenvalue weighted by atomic mass is 16.5. The summed E-state index contributed by atoms with van der Waals surface area (Å²) in [7, 11) is 0. The van der Waals surface area contributed by atoms with Crippen LogP contribution in [0.2, 0.25) is 0 Å². The van der Waals surface area contributed by atoms with Gasteiger partial charge in [0, 0.05) is 0 Å². The van der Waals surface area contributed by atoms with Gasteiger partial charge < -0.3 is 14.9 Å². The third kappa shape index (κ3) is 15.1. The zero-order valence-electron chi connectivity index (χ0n) is 17.8. The number of esters is 1. The Kier molecular flexibility index (Phi) is 14.5. The van der Waals surface area contributed by atoms with Gasteiger partial charge in [-0.25, -0.2) is 4.79 Å². The first-order valence-electron chi connectivity index (χ1n) is 9.82. The Balaban J connectivity index is 4.05. The van der Waals surface area contributed by atoms with E-state index in [4.69, 9.17) is 14.9 Å². The number of rotatable bonds is 13. The third-order valence-electron chi connectivity index (χ3n) is 4.26. The summed E-state index contributed by atoms with van der Waals surface area (Å²) in [6, 6.07) is 0. The molecular weight excluding hydrogens is 340 g/mol. The zero-order chi connectivity index (χ0) is 20.7. The second-order valence-electron chi connectivity index (χ2n) is 7.38. The molecule has 0 aliphatic heterocycles. The van der Waals surface area contributed by atoms with Crippen molar-refractivity contribution in [2.75, 3.05) is 13.2 Å². The average Bonchev–Trinajstić information content (AvgIpc) is 2.60. The minimum Gasteiger partial charge on any atom is -0.459 e. The summed E-state index contributed by atoms with van der Waals surface area (Å²) in [5.74, 6) is -0.790. The number of aliphatic hydroxyl groups is 2. The molecule has 0 aromatic rings. The molecule has 1 atom stereocenters. The minimum atomic E-state index is -1.45. The Labute approximate surface area is 165 Å². The fourth-order valence-electron chi connectivity index (χ4n) is 2.42. The molecule has 2 N–H and O–H groups in total. The molecule has 0 saturated heterocycles. The van der Waals surface area contributed by atoms with Crippen molar-refractivity contribution in [3.8, 4) is 0 Å². The Hall–Kier alpha value is -1.65. The van der Waals surface area contributed by atoms with Crippen LogP contribution in [0.5, 0.6) is 0 Å². The average molecular weight is 379 g/mol. The first-order valence-corrected chi connectivity index (χ1v) is 9.82. The van der Waals surface area contributed by atoms with E-state index in [1.165, 1.54) is 16.7 Å². The van der Waals surface area contributed by atoms with Gasteiger partial charge in [0.05, 0.1) is 6.61 Å². The molecule has 1 unspecified atom stereocenters. The number of aliphatic hydroxyl groups excluding tert-OH is 2. The highest BCUT2D eigenvalue weighted by Crippen LogP contribution is 2.13. The van der Waals surface area contributed by atoms with Gasteiger partial charge in [0.2, 0.25) is 0 Å². The van der Waals surface area contributed by atoms with Gasteiger partial charge in [0.15, 0.2) is 6.10 Å². The molecule has 0 spiro atoms. The third-order valence-corrected chi connectivity index (χ3v) is 4.26. The van der Waals surface area contributed by atoms with Crippen LogP contribution in [0.15, 0.2) is 46.6 Å². The molecule has 4 heteroatoms. The second-order valence-corrected chi connectivity index (χ2v) is 7.38. The predicted octanol–water partition coefficient (Wildman–Crippen LogP) is 5.03. The van der Waals surface area contributed by atoms with Crippen LogP contribution >= 0.6 is 0 Å². The summed E-state index contributed by atoms with van der Waals surface area (Å²) in [6.07, 6.45) is 13.6. The van der Waals surface area contributed by atoms with Crippen LogP contribution in [-0.2, 0) is 9.53 Å². The summed E-state index contributed by atoms with van der Waals surface area (Å²) in [5.41, 5.74) is 5.38. The van der Waals surface area contributed by atoms with Crippen molar-refractivity contribution in [3.63, 3.8) is 0 Å². The number of hydrogen-bond donors (Lipinski definition) is 2. The molecule has 0 amide bonds. The Morgan fingerprint density at radius 1 is 0.815 bits per heavy atom. The van der Waals surface area contributed by atoms with Gasteiger partial charge in [0.25, 0.3) is 0 Å². The van der Waals surface area contributed by atoms with E-state index in [0.29, 0.717) is 0 Å². The van der Waals surface area contributed by atoms with Crippen molar-refractivity contribution in [1.29, 1.82) is 0 Å². The maximum atomic E-state index is 11.2. The molecule has 0 radical (unpaired) electrons. The largest absolute Gasteiger partial charge is 0.459 e. The first kappa shape index (κ1) is 25.4. The van der Waals surface area contributed by atoms with Crippen LogP contribution in [0.3, 0.4) is 0 Å². The summed E-state index contributed by atoms with van der Waals surface area (Å²) in [4.78, 5) is 11.2. The minimum absolute atomic E-state index is 0.126. The van der Waals surface area contributed by atoms with Crippen molar-refractivity contribution in [3.05, 3.63) is 46.6 Å². The highest BCUT2D eigenvalue weighted by molar-refractivity contribution is 5.74. The molecule has 27 heavy (non-hydrogen) atoms. The van der Waals surface area contributed by atoms with Gasteiger partial charge in [-0.2, -0.15) is 0 Å². The summed E-state index contributed by atoms with van der Waals surface area (Å²) < 4.78 is 4.86. The van der Waals surface area contributed by atoms with Crippen LogP contribution in [0, 0.1) is 0 Å². The van der Waals surface area contributed by atoms with Crippen LogP contribution in [0.25, 0.3) is 0 Å². The van der Waals surface area contributed by atoms with Gasteiger partial charge in [0.1, 0.15) is 6.61 Å². The van der Waals surface area contributed by atoms with Crippen LogP contribution in [0.1, 0.15) is 73.1 Å². The van der Waals surface area contributed by atoms with Gasteiger partial charge in [-0.3, -0.25) is 0 Å². The molecule has 0 heterocycles. The molecule has 154 valence electrons. The van der Waals surface area contributed by atoms with Gasteiger partial charge >= 0.3 is 5.97 Å². The van der Waals surface area contributed by atoms with Crippen molar-refractivity contribution >= 4 is 5.97 Å². The normalized spacial score (nSPS) is 14.1. The molecule has 4 nitrogen and oxygen atoms in total. The number of hydrogen-bond acceptors (Lipinski definition) is 4. The Bertz CT molecular complexity index is 549. The number of allylic oxidation sites excluding steroid dienone is 7. The quantitative estimate of drug-likeness (QED) is 0.348. The molecule has 0 rings (SSSR count). The van der Waals surface area contributed by atoms with E-state index in [-0.39, 0.29) is 6.61 Å². The van der Waals surface area contributed by atoms with E-state index in [2.05, 4.69) is 45.9 Å². The number of carbonyl (C=O) groups is 1. The second kappa shape index (κ2) is 15.4. The zero-order valence-corrected chi connectivity index (χ0v) is 17.8. The Morgan fingerprint density at radius 2 is 1.26 bits per heavy atom. The molecule has 0 aromatic carbocycles. The summed E-state index contributed by atoms with van der Waals surface area (Å²) in [5, 5.41) is 17.8. The number of ether oxygens (including phenoxy) is 1. The molecule has 0 aliphatic carbocycles. The smallest absolute Gasteiger partial charge is 0.337 e.